The first-order valence-corrected chi connectivity index (χ1v) is 9.68. The lowest BCUT2D eigenvalue weighted by atomic mass is 10.1. The van der Waals surface area contributed by atoms with E-state index >= 15 is 0 Å². The first-order chi connectivity index (χ1) is 13.0. The molecular formula is C20H22N4O2S. The van der Waals surface area contributed by atoms with Crippen molar-refractivity contribution in [3.05, 3.63) is 64.3 Å². The molecule has 0 saturated carbocycles. The van der Waals surface area contributed by atoms with Crippen LogP contribution in [0, 0.1) is 6.92 Å². The Morgan fingerprint density at radius 1 is 1.07 bits per heavy atom. The predicted octanol–water partition coefficient (Wildman–Crippen LogP) is 4.34. The number of anilines is 2. The van der Waals surface area contributed by atoms with Crippen molar-refractivity contribution in [1.82, 2.24) is 9.78 Å². The highest BCUT2D eigenvalue weighted by Crippen LogP contribution is 2.34. The third-order valence-corrected chi connectivity index (χ3v) is 5.31. The summed E-state index contributed by atoms with van der Waals surface area (Å²) in [5, 5.41) is 10.6. The van der Waals surface area contributed by atoms with Gasteiger partial charge in [0.05, 0.1) is 5.56 Å². The zero-order valence-corrected chi connectivity index (χ0v) is 16.4. The van der Waals surface area contributed by atoms with E-state index < -0.39 is 0 Å². The lowest BCUT2D eigenvalue weighted by molar-refractivity contribution is 0.102. The molecule has 0 fully saturated rings. The molecule has 140 valence electrons. The van der Waals surface area contributed by atoms with Gasteiger partial charge in [-0.3, -0.25) is 14.3 Å². The molecule has 0 aliphatic rings. The number of amides is 2. The van der Waals surface area contributed by atoms with E-state index in [1.165, 1.54) is 11.3 Å². The summed E-state index contributed by atoms with van der Waals surface area (Å²) in [4.78, 5) is 26.5. The maximum Gasteiger partial charge on any atom is 0.276 e. The average molecular weight is 382 g/mol. The highest BCUT2D eigenvalue weighted by Gasteiger charge is 2.23. The van der Waals surface area contributed by atoms with Crippen molar-refractivity contribution in [2.45, 2.75) is 33.7 Å². The molecule has 7 heteroatoms. The Hall–Kier alpha value is -2.93. The highest BCUT2D eigenvalue weighted by molar-refractivity contribution is 7.16. The van der Waals surface area contributed by atoms with Gasteiger partial charge in [-0.25, -0.2) is 0 Å². The molecule has 2 aromatic heterocycles. The fraction of sp³-hybridized carbons (Fsp3) is 0.250. The zero-order chi connectivity index (χ0) is 19.4. The molecule has 0 radical (unpaired) electrons. The fourth-order valence-electron chi connectivity index (χ4n) is 2.87. The molecule has 3 aromatic rings. The Morgan fingerprint density at radius 2 is 1.81 bits per heavy atom. The minimum absolute atomic E-state index is 0.225. The topological polar surface area (TPSA) is 76.0 Å². The maximum absolute atomic E-state index is 12.9. The number of nitrogens with one attached hydrogen (secondary N) is 2. The minimum Gasteiger partial charge on any atom is -0.322 e. The maximum atomic E-state index is 12.9. The van der Waals surface area contributed by atoms with Crippen LogP contribution < -0.4 is 10.6 Å². The Morgan fingerprint density at radius 3 is 2.44 bits per heavy atom. The SMILES string of the molecule is CCc1c(C)sc(NC(=O)c2ccn(CC)n2)c1C(=O)Nc1ccccc1. The summed E-state index contributed by atoms with van der Waals surface area (Å²) in [6, 6.07) is 11.0. The zero-order valence-electron chi connectivity index (χ0n) is 15.6. The summed E-state index contributed by atoms with van der Waals surface area (Å²) >= 11 is 1.41. The lowest BCUT2D eigenvalue weighted by Gasteiger charge is -2.09. The summed E-state index contributed by atoms with van der Waals surface area (Å²) in [7, 11) is 0. The molecule has 0 aliphatic carbocycles. The predicted molar refractivity (Wildman–Crippen MR) is 109 cm³/mol. The normalized spacial score (nSPS) is 10.6. The van der Waals surface area contributed by atoms with Gasteiger partial charge in [0.2, 0.25) is 0 Å². The van der Waals surface area contributed by atoms with Gasteiger partial charge in [-0.1, -0.05) is 25.1 Å². The van der Waals surface area contributed by atoms with Crippen LogP contribution in [-0.2, 0) is 13.0 Å². The van der Waals surface area contributed by atoms with Crippen LogP contribution in [0.15, 0.2) is 42.6 Å². The number of aryl methyl sites for hydroxylation is 2. The molecule has 0 unspecified atom stereocenters. The van der Waals surface area contributed by atoms with Crippen molar-refractivity contribution in [3.8, 4) is 0 Å². The van der Waals surface area contributed by atoms with E-state index in [9.17, 15) is 9.59 Å². The van der Waals surface area contributed by atoms with E-state index in [4.69, 9.17) is 0 Å². The number of para-hydroxylation sites is 1. The molecule has 0 atom stereocenters. The van der Waals surface area contributed by atoms with E-state index in [0.29, 0.717) is 34.9 Å². The van der Waals surface area contributed by atoms with Crippen LogP contribution in [0.3, 0.4) is 0 Å². The molecule has 0 aliphatic heterocycles. The number of hydrogen-bond donors (Lipinski definition) is 2. The van der Waals surface area contributed by atoms with Crippen LogP contribution in [0.2, 0.25) is 0 Å². The van der Waals surface area contributed by atoms with Gasteiger partial charge in [0.25, 0.3) is 11.8 Å². The summed E-state index contributed by atoms with van der Waals surface area (Å²) in [5.41, 5.74) is 2.51. The van der Waals surface area contributed by atoms with Crippen LogP contribution in [0.5, 0.6) is 0 Å². The third-order valence-electron chi connectivity index (χ3n) is 4.25. The Balaban J connectivity index is 1.89. The summed E-state index contributed by atoms with van der Waals surface area (Å²) in [5.74, 6) is -0.545. The second-order valence-corrected chi connectivity index (χ2v) is 7.25. The number of carbonyl (C=O) groups is 2. The Kier molecular flexibility index (Phi) is 5.71. The number of hydrogen-bond acceptors (Lipinski definition) is 4. The van der Waals surface area contributed by atoms with Gasteiger partial charge in [0.15, 0.2) is 5.69 Å². The number of benzene rings is 1. The van der Waals surface area contributed by atoms with E-state index in [1.54, 1.807) is 16.9 Å². The van der Waals surface area contributed by atoms with E-state index in [2.05, 4.69) is 15.7 Å². The van der Waals surface area contributed by atoms with Crippen molar-refractivity contribution in [1.29, 1.82) is 0 Å². The van der Waals surface area contributed by atoms with Gasteiger partial charge in [-0.05, 0) is 44.0 Å². The number of carbonyl (C=O) groups excluding carboxylic acids is 2. The fourth-order valence-corrected chi connectivity index (χ4v) is 4.01. The second-order valence-electron chi connectivity index (χ2n) is 6.03. The largest absolute Gasteiger partial charge is 0.322 e. The minimum atomic E-state index is -0.320. The Bertz CT molecular complexity index is 960. The molecule has 6 nitrogen and oxygen atoms in total. The first-order valence-electron chi connectivity index (χ1n) is 8.86. The van der Waals surface area contributed by atoms with Gasteiger partial charge in [0.1, 0.15) is 5.00 Å². The standard InChI is InChI=1S/C20H22N4O2S/c1-4-15-13(3)27-20(22-18(25)16-11-12-24(5-2)23-16)17(15)19(26)21-14-9-7-6-8-10-14/h6-12H,4-5H2,1-3H3,(H,21,26)(H,22,25). The van der Waals surface area contributed by atoms with Crippen molar-refractivity contribution in [2.24, 2.45) is 0 Å². The molecule has 0 spiro atoms. The number of rotatable bonds is 6. The molecule has 27 heavy (non-hydrogen) atoms. The third kappa shape index (κ3) is 4.09. The first kappa shape index (κ1) is 18.8. The number of aromatic nitrogens is 2. The van der Waals surface area contributed by atoms with E-state index in [0.717, 1.165) is 10.4 Å². The summed E-state index contributed by atoms with van der Waals surface area (Å²) in [6.07, 6.45) is 2.47. The van der Waals surface area contributed by atoms with Crippen LogP contribution in [0.25, 0.3) is 0 Å². The van der Waals surface area contributed by atoms with Gasteiger partial charge in [-0.15, -0.1) is 11.3 Å². The van der Waals surface area contributed by atoms with Crippen LogP contribution in [0.1, 0.15) is 45.1 Å². The number of nitrogens with zero attached hydrogens (tertiary/aromatic N) is 2. The van der Waals surface area contributed by atoms with Gasteiger partial charge < -0.3 is 10.6 Å². The Labute approximate surface area is 162 Å². The molecule has 0 bridgehead atoms. The van der Waals surface area contributed by atoms with Crippen molar-refractivity contribution in [3.63, 3.8) is 0 Å². The van der Waals surface area contributed by atoms with Crippen LogP contribution in [0.4, 0.5) is 10.7 Å². The van der Waals surface area contributed by atoms with Gasteiger partial charge in [0, 0.05) is 23.3 Å². The lowest BCUT2D eigenvalue weighted by Crippen LogP contribution is -2.18. The van der Waals surface area contributed by atoms with E-state index in [-0.39, 0.29) is 11.8 Å². The second kappa shape index (κ2) is 8.18. The van der Waals surface area contributed by atoms with Crippen LogP contribution >= 0.6 is 11.3 Å². The smallest absolute Gasteiger partial charge is 0.276 e. The summed E-state index contributed by atoms with van der Waals surface area (Å²) in [6.45, 7) is 6.61. The van der Waals surface area contributed by atoms with Gasteiger partial charge in [-0.2, -0.15) is 5.10 Å². The van der Waals surface area contributed by atoms with Crippen molar-refractivity contribution in [2.75, 3.05) is 10.6 Å². The molecule has 0 saturated heterocycles. The van der Waals surface area contributed by atoms with E-state index in [1.807, 2.05) is 51.1 Å². The molecular weight excluding hydrogens is 360 g/mol. The van der Waals surface area contributed by atoms with Crippen molar-refractivity contribution < 1.29 is 9.59 Å². The quantitative estimate of drug-likeness (QED) is 0.666. The monoisotopic (exact) mass is 382 g/mol. The highest BCUT2D eigenvalue weighted by atomic mass is 32.1. The molecule has 2 heterocycles. The van der Waals surface area contributed by atoms with Crippen LogP contribution in [-0.4, -0.2) is 21.6 Å². The molecule has 1 aromatic carbocycles. The molecule has 2 N–H and O–H groups in total. The van der Waals surface area contributed by atoms with Gasteiger partial charge >= 0.3 is 0 Å². The summed E-state index contributed by atoms with van der Waals surface area (Å²) < 4.78 is 1.69. The molecule has 3 rings (SSSR count). The van der Waals surface area contributed by atoms with Crippen molar-refractivity contribution >= 4 is 33.8 Å². The number of thiophene rings is 1. The molecule has 2 amide bonds. The average Bonchev–Trinajstić information content (AvgIpc) is 3.26.